The van der Waals surface area contributed by atoms with Gasteiger partial charge in [0, 0.05) is 37.8 Å². The van der Waals surface area contributed by atoms with Gasteiger partial charge < -0.3 is 20.1 Å². The summed E-state index contributed by atoms with van der Waals surface area (Å²) in [7, 11) is 0. The third-order valence-electron chi connectivity index (χ3n) is 7.37. The highest BCUT2D eigenvalue weighted by Crippen LogP contribution is 2.29. The fourth-order valence-corrected chi connectivity index (χ4v) is 4.78. The predicted molar refractivity (Wildman–Crippen MR) is 147 cm³/mol. The summed E-state index contributed by atoms with van der Waals surface area (Å²) < 4.78 is 10.7. The van der Waals surface area contributed by atoms with Crippen molar-refractivity contribution in [3.63, 3.8) is 0 Å². The summed E-state index contributed by atoms with van der Waals surface area (Å²) in [4.78, 5) is 58.8. The van der Waals surface area contributed by atoms with Crippen LogP contribution in [0.3, 0.4) is 0 Å². The van der Waals surface area contributed by atoms with E-state index in [4.69, 9.17) is 9.47 Å². The Morgan fingerprint density at radius 1 is 1.00 bits per heavy atom. The fraction of sp³-hybridized carbons (Fsp3) is 0.500. The number of epoxide rings is 1. The first-order chi connectivity index (χ1) is 19.2. The van der Waals surface area contributed by atoms with Crippen LogP contribution in [0, 0.1) is 5.92 Å². The fourth-order valence-electron chi connectivity index (χ4n) is 4.78. The lowest BCUT2D eigenvalue weighted by atomic mass is 9.90. The molecule has 0 radical (unpaired) electrons. The van der Waals surface area contributed by atoms with Crippen molar-refractivity contribution in [2.24, 2.45) is 5.92 Å². The van der Waals surface area contributed by atoms with Gasteiger partial charge in [-0.05, 0) is 43.9 Å². The maximum Gasteiger partial charge on any atom is 0.234 e. The summed E-state index contributed by atoms with van der Waals surface area (Å²) >= 11 is 0. The first kappa shape index (κ1) is 29.5. The van der Waals surface area contributed by atoms with E-state index < -0.39 is 29.5 Å². The van der Waals surface area contributed by atoms with Crippen LogP contribution in [-0.4, -0.2) is 90.4 Å². The quantitative estimate of drug-likeness (QED) is 0.335. The SMILES string of the molecule is C[C@H](NC(=O)CN1CCOCC1)C(=O)C[C@@H](Cc1cccnc1)C(=O)N[C@@H](Cc1ccccc1)C(=O)[C@@]1(C)CO1. The van der Waals surface area contributed by atoms with E-state index >= 15 is 0 Å². The lowest BCUT2D eigenvalue weighted by Gasteiger charge is -2.27. The summed E-state index contributed by atoms with van der Waals surface area (Å²) in [5, 5.41) is 5.69. The Labute approximate surface area is 234 Å². The Balaban J connectivity index is 1.44. The maximum atomic E-state index is 13.7. The van der Waals surface area contributed by atoms with Gasteiger partial charge in [0.15, 0.2) is 11.6 Å². The van der Waals surface area contributed by atoms with Crippen molar-refractivity contribution in [1.29, 1.82) is 0 Å². The number of hydrogen-bond donors (Lipinski definition) is 2. The Hall–Kier alpha value is -3.47. The van der Waals surface area contributed by atoms with Crippen molar-refractivity contribution in [3.8, 4) is 0 Å². The molecule has 2 N–H and O–H groups in total. The first-order valence-electron chi connectivity index (χ1n) is 13.8. The van der Waals surface area contributed by atoms with Crippen LogP contribution in [0.5, 0.6) is 0 Å². The lowest BCUT2D eigenvalue weighted by Crippen LogP contribution is -2.50. The van der Waals surface area contributed by atoms with Gasteiger partial charge in [0.1, 0.15) is 5.60 Å². The molecule has 2 amide bonds. The second-order valence-corrected chi connectivity index (χ2v) is 10.7. The van der Waals surface area contributed by atoms with E-state index in [2.05, 4.69) is 15.6 Å². The van der Waals surface area contributed by atoms with E-state index in [0.717, 1.165) is 11.1 Å². The van der Waals surface area contributed by atoms with Crippen molar-refractivity contribution < 1.29 is 28.7 Å². The summed E-state index contributed by atoms with van der Waals surface area (Å²) in [6.45, 7) is 6.32. The van der Waals surface area contributed by atoms with Crippen LogP contribution in [0.2, 0.25) is 0 Å². The third kappa shape index (κ3) is 8.51. The van der Waals surface area contributed by atoms with Gasteiger partial charge in [0.25, 0.3) is 0 Å². The molecule has 0 saturated carbocycles. The summed E-state index contributed by atoms with van der Waals surface area (Å²) in [5.74, 6) is -1.86. The minimum Gasteiger partial charge on any atom is -0.379 e. The molecular weight excluding hydrogens is 512 g/mol. The number of benzene rings is 1. The topological polar surface area (TPSA) is 130 Å². The number of carbonyl (C=O) groups is 4. The van der Waals surface area contributed by atoms with Crippen LogP contribution < -0.4 is 10.6 Å². The number of amides is 2. The highest BCUT2D eigenvalue weighted by atomic mass is 16.6. The first-order valence-corrected chi connectivity index (χ1v) is 13.8. The Morgan fingerprint density at radius 3 is 2.35 bits per heavy atom. The van der Waals surface area contributed by atoms with Crippen LogP contribution in [0.15, 0.2) is 54.9 Å². The van der Waals surface area contributed by atoms with Gasteiger partial charge in [0.2, 0.25) is 11.8 Å². The zero-order valence-electron chi connectivity index (χ0n) is 23.1. The van der Waals surface area contributed by atoms with E-state index in [0.29, 0.717) is 39.3 Å². The molecule has 4 atom stereocenters. The number of morpholine rings is 1. The van der Waals surface area contributed by atoms with E-state index in [9.17, 15) is 19.2 Å². The van der Waals surface area contributed by atoms with Crippen LogP contribution in [0.1, 0.15) is 31.4 Å². The minimum atomic E-state index is -0.916. The smallest absolute Gasteiger partial charge is 0.234 e. The molecule has 2 fully saturated rings. The number of carbonyl (C=O) groups excluding carboxylic acids is 4. The molecule has 10 nitrogen and oxygen atoms in total. The minimum absolute atomic E-state index is 0.0975. The van der Waals surface area contributed by atoms with Crippen molar-refractivity contribution in [2.75, 3.05) is 39.5 Å². The van der Waals surface area contributed by atoms with E-state index in [1.165, 1.54) is 0 Å². The van der Waals surface area contributed by atoms with Crippen LogP contribution in [0.4, 0.5) is 0 Å². The average Bonchev–Trinajstić information content (AvgIpc) is 3.71. The molecule has 2 aliphatic rings. The monoisotopic (exact) mass is 550 g/mol. The molecule has 214 valence electrons. The largest absolute Gasteiger partial charge is 0.379 e. The normalized spacial score (nSPS) is 21.1. The molecule has 3 heterocycles. The molecule has 10 heteroatoms. The van der Waals surface area contributed by atoms with Gasteiger partial charge in [-0.25, -0.2) is 0 Å². The van der Waals surface area contributed by atoms with Gasteiger partial charge in [-0.15, -0.1) is 0 Å². The second kappa shape index (κ2) is 13.7. The summed E-state index contributed by atoms with van der Waals surface area (Å²) in [6.07, 6.45) is 3.77. The van der Waals surface area contributed by atoms with Crippen molar-refractivity contribution in [3.05, 3.63) is 66.0 Å². The highest BCUT2D eigenvalue weighted by Gasteiger charge is 2.50. The molecule has 1 aromatic heterocycles. The number of aromatic nitrogens is 1. The molecule has 0 unspecified atom stereocenters. The number of hydrogen-bond acceptors (Lipinski definition) is 8. The zero-order valence-corrected chi connectivity index (χ0v) is 23.1. The molecule has 4 rings (SSSR count). The number of nitrogens with one attached hydrogen (secondary N) is 2. The number of ketones is 2. The van der Waals surface area contributed by atoms with Gasteiger partial charge in [0.05, 0.1) is 38.4 Å². The van der Waals surface area contributed by atoms with E-state index in [-0.39, 0.29) is 36.9 Å². The Bertz CT molecular complexity index is 1170. The zero-order chi connectivity index (χ0) is 28.5. The van der Waals surface area contributed by atoms with Crippen molar-refractivity contribution >= 4 is 23.4 Å². The predicted octanol–water partition coefficient (Wildman–Crippen LogP) is 1.12. The molecule has 2 saturated heterocycles. The molecule has 2 aromatic rings. The highest BCUT2D eigenvalue weighted by molar-refractivity contribution is 5.98. The van der Waals surface area contributed by atoms with Crippen molar-refractivity contribution in [2.45, 2.75) is 50.8 Å². The third-order valence-corrected chi connectivity index (χ3v) is 7.37. The summed E-state index contributed by atoms with van der Waals surface area (Å²) in [5.41, 5.74) is 0.783. The molecule has 40 heavy (non-hydrogen) atoms. The summed E-state index contributed by atoms with van der Waals surface area (Å²) in [6, 6.07) is 11.5. The lowest BCUT2D eigenvalue weighted by molar-refractivity contribution is -0.134. The Morgan fingerprint density at radius 2 is 1.70 bits per heavy atom. The number of nitrogens with zero attached hydrogens (tertiary/aromatic N) is 2. The van der Waals surface area contributed by atoms with Gasteiger partial charge in [-0.1, -0.05) is 36.4 Å². The van der Waals surface area contributed by atoms with Crippen LogP contribution >= 0.6 is 0 Å². The molecule has 1 aromatic carbocycles. The van der Waals surface area contributed by atoms with Gasteiger partial charge >= 0.3 is 0 Å². The van der Waals surface area contributed by atoms with E-state index in [1.807, 2.05) is 41.3 Å². The van der Waals surface area contributed by atoms with Gasteiger partial charge in [-0.2, -0.15) is 0 Å². The second-order valence-electron chi connectivity index (χ2n) is 10.7. The number of Topliss-reactive ketones (excluding diaryl/α,β-unsaturated/α-hetero) is 2. The number of pyridine rings is 1. The van der Waals surface area contributed by atoms with E-state index in [1.54, 1.807) is 32.3 Å². The molecule has 2 aliphatic heterocycles. The molecular formula is C30H38N4O6. The number of ether oxygens (including phenoxy) is 2. The van der Waals surface area contributed by atoms with Crippen LogP contribution in [-0.2, 0) is 41.5 Å². The molecule has 0 spiro atoms. The standard InChI is InChI=1S/C30H38N4O6/c1-21(32-27(36)19-34-11-13-39-14-12-34)26(35)17-24(15-23-9-6-10-31-18-23)29(38)33-25(28(37)30(2)20-40-30)16-22-7-4-3-5-8-22/h3-10,18,21,24-25H,11-17,19-20H2,1-2H3,(H,32,36)(H,33,38)/t21-,24+,25-,30+/m0/s1. The molecule has 0 aliphatic carbocycles. The average molecular weight is 551 g/mol. The Kier molecular flexibility index (Phi) is 10.1. The molecule has 0 bridgehead atoms. The number of rotatable bonds is 14. The maximum absolute atomic E-state index is 13.7. The van der Waals surface area contributed by atoms with Crippen LogP contribution in [0.25, 0.3) is 0 Å². The van der Waals surface area contributed by atoms with Gasteiger partial charge in [-0.3, -0.25) is 29.1 Å². The van der Waals surface area contributed by atoms with Crippen molar-refractivity contribution in [1.82, 2.24) is 20.5 Å².